The summed E-state index contributed by atoms with van der Waals surface area (Å²) in [5, 5.41) is 9.51. The van der Waals surface area contributed by atoms with Crippen molar-refractivity contribution in [2.75, 3.05) is 0 Å². The van der Waals surface area contributed by atoms with E-state index in [0.717, 1.165) is 10.0 Å². The third-order valence-electron chi connectivity index (χ3n) is 2.62. The van der Waals surface area contributed by atoms with Crippen LogP contribution in [-0.4, -0.2) is 27.3 Å². The Bertz CT molecular complexity index is 812. The summed E-state index contributed by atoms with van der Waals surface area (Å²) in [4.78, 5) is 35.8. The van der Waals surface area contributed by atoms with Crippen molar-refractivity contribution in [2.45, 2.75) is 12.8 Å². The van der Waals surface area contributed by atoms with Gasteiger partial charge in [0.15, 0.2) is 0 Å². The van der Waals surface area contributed by atoms with Crippen LogP contribution in [0, 0.1) is 0 Å². The maximum atomic E-state index is 11.6. The van der Waals surface area contributed by atoms with Crippen molar-refractivity contribution in [3.05, 3.63) is 60.8 Å². The Morgan fingerprint density at radius 2 is 2.23 bits per heavy atom. The van der Waals surface area contributed by atoms with E-state index in [2.05, 4.69) is 36.7 Å². The summed E-state index contributed by atoms with van der Waals surface area (Å²) in [5.74, 6) is -0.362. The number of aryl methyl sites for hydroxylation is 1. The minimum Gasteiger partial charge on any atom is -0.273 e. The van der Waals surface area contributed by atoms with Gasteiger partial charge in [0.1, 0.15) is 5.69 Å². The summed E-state index contributed by atoms with van der Waals surface area (Å²) < 4.78 is 0.908. The van der Waals surface area contributed by atoms with E-state index in [4.69, 9.17) is 0 Å². The third-order valence-corrected chi connectivity index (χ3v) is 3.12. The molecule has 0 saturated carbocycles. The van der Waals surface area contributed by atoms with Crippen LogP contribution in [0.25, 0.3) is 0 Å². The molecule has 0 aliphatic rings. The number of hydrogen-bond donors (Lipinski definition) is 3. The van der Waals surface area contributed by atoms with E-state index in [1.54, 1.807) is 0 Å². The van der Waals surface area contributed by atoms with E-state index in [0.29, 0.717) is 0 Å². The fourth-order valence-corrected chi connectivity index (χ4v) is 2.01. The topological polar surface area (TPSA) is 120 Å². The van der Waals surface area contributed by atoms with Crippen LogP contribution in [-0.2, 0) is 11.2 Å². The average Bonchev–Trinajstić information content (AvgIpc) is 2.46. The molecule has 22 heavy (non-hydrogen) atoms. The number of H-pyrrole nitrogens is 2. The van der Waals surface area contributed by atoms with Gasteiger partial charge < -0.3 is 0 Å². The number of hydrazone groups is 1. The second kappa shape index (κ2) is 7.46. The van der Waals surface area contributed by atoms with Crippen LogP contribution in [0.3, 0.4) is 0 Å². The molecular weight excluding hydrogens is 354 g/mol. The van der Waals surface area contributed by atoms with Crippen molar-refractivity contribution in [3.63, 3.8) is 0 Å². The maximum Gasteiger partial charge on any atom is 0.342 e. The zero-order valence-electron chi connectivity index (χ0n) is 11.3. The molecule has 1 aromatic carbocycles. The SMILES string of the molecule is O=C(CCc1n[nH]c(=O)[nH]c1=O)NN=Cc1cccc(Br)c1. The number of carbonyl (C=O) groups is 1. The molecule has 1 heterocycles. The molecule has 0 atom stereocenters. The Kier molecular flexibility index (Phi) is 5.37. The van der Waals surface area contributed by atoms with Gasteiger partial charge in [0.25, 0.3) is 5.56 Å². The Balaban J connectivity index is 1.85. The quantitative estimate of drug-likeness (QED) is 0.521. The molecule has 8 nitrogen and oxygen atoms in total. The van der Waals surface area contributed by atoms with Gasteiger partial charge in [-0.25, -0.2) is 15.3 Å². The molecule has 1 amide bonds. The molecule has 0 spiro atoms. The van der Waals surface area contributed by atoms with Gasteiger partial charge in [-0.1, -0.05) is 28.1 Å². The predicted octanol–water partition coefficient (Wildman–Crippen LogP) is 0.304. The molecule has 2 rings (SSSR count). The van der Waals surface area contributed by atoms with Crippen molar-refractivity contribution in [2.24, 2.45) is 5.10 Å². The van der Waals surface area contributed by atoms with Crippen LogP contribution in [0.4, 0.5) is 0 Å². The lowest BCUT2D eigenvalue weighted by atomic mass is 10.2. The first-order valence-corrected chi connectivity index (χ1v) is 7.09. The number of benzene rings is 1. The van der Waals surface area contributed by atoms with E-state index < -0.39 is 11.2 Å². The van der Waals surface area contributed by atoms with Crippen molar-refractivity contribution in [1.29, 1.82) is 0 Å². The van der Waals surface area contributed by atoms with Gasteiger partial charge in [0, 0.05) is 17.3 Å². The Labute approximate surface area is 132 Å². The van der Waals surface area contributed by atoms with Gasteiger partial charge in [-0.3, -0.25) is 14.6 Å². The molecule has 114 valence electrons. The monoisotopic (exact) mass is 365 g/mol. The molecule has 9 heteroatoms. The van der Waals surface area contributed by atoms with E-state index in [9.17, 15) is 14.4 Å². The van der Waals surface area contributed by atoms with Crippen LogP contribution in [0.1, 0.15) is 17.7 Å². The fourth-order valence-electron chi connectivity index (χ4n) is 1.60. The summed E-state index contributed by atoms with van der Waals surface area (Å²) in [7, 11) is 0. The number of nitrogens with one attached hydrogen (secondary N) is 3. The number of hydrogen-bond acceptors (Lipinski definition) is 5. The highest BCUT2D eigenvalue weighted by molar-refractivity contribution is 9.10. The van der Waals surface area contributed by atoms with Crippen molar-refractivity contribution < 1.29 is 4.79 Å². The van der Waals surface area contributed by atoms with Gasteiger partial charge in [0.2, 0.25) is 5.91 Å². The van der Waals surface area contributed by atoms with Crippen LogP contribution < -0.4 is 16.7 Å². The van der Waals surface area contributed by atoms with E-state index >= 15 is 0 Å². The zero-order valence-corrected chi connectivity index (χ0v) is 12.9. The molecule has 3 N–H and O–H groups in total. The van der Waals surface area contributed by atoms with Crippen LogP contribution in [0.5, 0.6) is 0 Å². The number of aromatic amines is 2. The average molecular weight is 366 g/mol. The Hall–Kier alpha value is -2.55. The van der Waals surface area contributed by atoms with E-state index in [1.807, 2.05) is 29.2 Å². The predicted molar refractivity (Wildman–Crippen MR) is 83.7 cm³/mol. The molecule has 0 aliphatic carbocycles. The second-order valence-corrected chi connectivity index (χ2v) is 5.22. The number of carbonyl (C=O) groups excluding carboxylic acids is 1. The minimum absolute atomic E-state index is 0.0257. The highest BCUT2D eigenvalue weighted by Gasteiger charge is 2.06. The standard InChI is InChI=1S/C13H12BrN5O3/c14-9-3-1-2-8(6-9)7-15-18-11(20)5-4-10-12(21)16-13(22)19-17-10/h1-3,6-7H,4-5H2,(H,18,20)(H2,16,19,21,22). The van der Waals surface area contributed by atoms with Gasteiger partial charge in [-0.2, -0.15) is 10.2 Å². The molecule has 1 aromatic heterocycles. The second-order valence-electron chi connectivity index (χ2n) is 4.30. The number of rotatable bonds is 5. The van der Waals surface area contributed by atoms with Crippen LogP contribution >= 0.6 is 15.9 Å². The fraction of sp³-hybridized carbons (Fsp3) is 0.154. The van der Waals surface area contributed by atoms with Crippen LogP contribution in [0.2, 0.25) is 0 Å². The molecule has 0 saturated heterocycles. The summed E-state index contributed by atoms with van der Waals surface area (Å²) >= 11 is 3.33. The van der Waals surface area contributed by atoms with Gasteiger partial charge in [-0.15, -0.1) is 0 Å². The molecule has 0 bridgehead atoms. The normalized spacial score (nSPS) is 10.8. The minimum atomic E-state index is -0.683. The summed E-state index contributed by atoms with van der Waals surface area (Å²) in [6.07, 6.45) is 1.63. The molecule has 0 fully saturated rings. The van der Waals surface area contributed by atoms with Crippen molar-refractivity contribution in [1.82, 2.24) is 20.6 Å². The van der Waals surface area contributed by atoms with Gasteiger partial charge >= 0.3 is 5.69 Å². The summed E-state index contributed by atoms with van der Waals surface area (Å²) in [6, 6.07) is 7.41. The Morgan fingerprint density at radius 1 is 1.41 bits per heavy atom. The summed E-state index contributed by atoms with van der Waals surface area (Å²) in [6.45, 7) is 0. The third kappa shape index (κ3) is 4.77. The van der Waals surface area contributed by atoms with E-state index in [-0.39, 0.29) is 24.4 Å². The molecule has 0 radical (unpaired) electrons. The lowest BCUT2D eigenvalue weighted by Crippen LogP contribution is -2.28. The number of aromatic nitrogens is 3. The molecular formula is C13H12BrN5O3. The van der Waals surface area contributed by atoms with Crippen molar-refractivity contribution in [3.8, 4) is 0 Å². The highest BCUT2D eigenvalue weighted by Crippen LogP contribution is 2.09. The molecule has 0 unspecified atom stereocenters. The first-order valence-electron chi connectivity index (χ1n) is 6.30. The molecule has 0 aliphatic heterocycles. The van der Waals surface area contributed by atoms with E-state index in [1.165, 1.54) is 6.21 Å². The van der Waals surface area contributed by atoms with Gasteiger partial charge in [-0.05, 0) is 17.7 Å². The highest BCUT2D eigenvalue weighted by atomic mass is 79.9. The number of amides is 1. The number of halogens is 1. The lowest BCUT2D eigenvalue weighted by molar-refractivity contribution is -0.121. The van der Waals surface area contributed by atoms with Crippen LogP contribution in [0.15, 0.2) is 43.4 Å². The first kappa shape index (κ1) is 15.8. The lowest BCUT2D eigenvalue weighted by Gasteiger charge is -1.99. The Morgan fingerprint density at radius 3 is 2.95 bits per heavy atom. The van der Waals surface area contributed by atoms with Gasteiger partial charge in [0.05, 0.1) is 6.21 Å². The molecule has 2 aromatic rings. The summed E-state index contributed by atoms with van der Waals surface area (Å²) in [5.41, 5.74) is 1.98. The number of nitrogens with zero attached hydrogens (tertiary/aromatic N) is 2. The maximum absolute atomic E-state index is 11.6. The first-order chi connectivity index (χ1) is 10.5. The zero-order chi connectivity index (χ0) is 15.9. The largest absolute Gasteiger partial charge is 0.342 e. The smallest absolute Gasteiger partial charge is 0.273 e. The van der Waals surface area contributed by atoms with Crippen molar-refractivity contribution >= 4 is 28.1 Å².